The van der Waals surface area contributed by atoms with Crippen LogP contribution in [0.2, 0.25) is 0 Å². The molecule has 4 rings (SSSR count). The second-order valence-electron chi connectivity index (χ2n) is 7.65. The van der Waals surface area contributed by atoms with Crippen molar-refractivity contribution in [2.75, 3.05) is 5.32 Å². The summed E-state index contributed by atoms with van der Waals surface area (Å²) in [5.74, 6) is -2.67. The van der Waals surface area contributed by atoms with Crippen LogP contribution in [0, 0.1) is 11.8 Å². The predicted octanol–water partition coefficient (Wildman–Crippen LogP) is 3.12. The number of aliphatic carboxylic acids is 1. The Morgan fingerprint density at radius 2 is 1.74 bits per heavy atom. The maximum absolute atomic E-state index is 12.9. The van der Waals surface area contributed by atoms with Gasteiger partial charge in [0.15, 0.2) is 0 Å². The Labute approximate surface area is 162 Å². The number of fused-ring (bicyclic) bond motifs is 1. The molecule has 3 N–H and O–H groups in total. The minimum Gasteiger partial charge on any atom is -0.481 e. The minimum absolute atomic E-state index is 0.106. The number of anilines is 1. The summed E-state index contributed by atoms with van der Waals surface area (Å²) in [7, 11) is 0. The van der Waals surface area contributed by atoms with Gasteiger partial charge < -0.3 is 15.7 Å². The molecule has 1 saturated carbocycles. The van der Waals surface area contributed by atoms with E-state index in [-0.39, 0.29) is 17.9 Å². The summed E-state index contributed by atoms with van der Waals surface area (Å²) in [4.78, 5) is 38.4. The Bertz CT molecular complexity index is 809. The molecule has 3 aliphatic rings. The Kier molecular flexibility index (Phi) is 5.04. The third-order valence-corrected chi connectivity index (χ3v) is 6.84. The quantitative estimate of drug-likeness (QED) is 0.675. The molecule has 1 heterocycles. The molecule has 0 aliphatic heterocycles. The number of carboxylic acids is 1. The SMILES string of the molecule is O=C(NC1CC1)c1c(NC(=O)C2CC=CCC2C(=O)O)sc2c1CCCC2. The van der Waals surface area contributed by atoms with E-state index in [0.717, 1.165) is 44.1 Å². The van der Waals surface area contributed by atoms with Crippen molar-refractivity contribution in [3.05, 3.63) is 28.2 Å². The lowest BCUT2D eigenvalue weighted by molar-refractivity contribution is -0.146. The van der Waals surface area contributed by atoms with E-state index < -0.39 is 17.8 Å². The highest BCUT2D eigenvalue weighted by Crippen LogP contribution is 2.39. The van der Waals surface area contributed by atoms with Crippen molar-refractivity contribution in [2.24, 2.45) is 11.8 Å². The number of aryl methyl sites for hydroxylation is 1. The average molecular weight is 388 g/mol. The van der Waals surface area contributed by atoms with Gasteiger partial charge in [-0.1, -0.05) is 12.2 Å². The fraction of sp³-hybridized carbons (Fsp3) is 0.550. The monoisotopic (exact) mass is 388 g/mol. The average Bonchev–Trinajstić information content (AvgIpc) is 3.39. The molecule has 1 aromatic heterocycles. The molecular formula is C20H24N2O4S. The normalized spacial score (nSPS) is 24.1. The topological polar surface area (TPSA) is 95.5 Å². The summed E-state index contributed by atoms with van der Waals surface area (Å²) in [6, 6.07) is 0.250. The number of carbonyl (C=O) groups excluding carboxylic acids is 2. The van der Waals surface area contributed by atoms with E-state index in [1.165, 1.54) is 16.2 Å². The maximum atomic E-state index is 12.9. The van der Waals surface area contributed by atoms with Gasteiger partial charge in [-0.2, -0.15) is 0 Å². The van der Waals surface area contributed by atoms with Crippen LogP contribution in [0.15, 0.2) is 12.2 Å². The minimum atomic E-state index is -0.948. The van der Waals surface area contributed by atoms with E-state index in [0.29, 0.717) is 23.4 Å². The Hall–Kier alpha value is -2.15. The second kappa shape index (κ2) is 7.46. The third kappa shape index (κ3) is 3.78. The van der Waals surface area contributed by atoms with Gasteiger partial charge in [-0.3, -0.25) is 14.4 Å². The summed E-state index contributed by atoms with van der Waals surface area (Å²) in [6.45, 7) is 0. The summed E-state index contributed by atoms with van der Waals surface area (Å²) >= 11 is 1.48. The van der Waals surface area contributed by atoms with Crippen LogP contribution in [0.4, 0.5) is 5.00 Å². The number of thiophene rings is 1. The molecule has 1 fully saturated rings. The van der Waals surface area contributed by atoms with E-state index in [9.17, 15) is 19.5 Å². The summed E-state index contributed by atoms with van der Waals surface area (Å²) in [5, 5.41) is 16.0. The predicted molar refractivity (Wildman–Crippen MR) is 103 cm³/mol. The molecule has 6 nitrogen and oxygen atoms in total. The third-order valence-electron chi connectivity index (χ3n) is 5.63. The summed E-state index contributed by atoms with van der Waals surface area (Å²) < 4.78 is 0. The standard InChI is InChI=1S/C20H24N2O4S/c23-17(12-5-1-2-6-13(12)20(25)26)22-19-16(18(24)21-11-9-10-11)14-7-3-4-8-15(14)27-19/h1-2,11-13H,3-10H2,(H,21,24)(H,22,23)(H,25,26). The first-order valence-electron chi connectivity index (χ1n) is 9.68. The Morgan fingerprint density at radius 3 is 2.44 bits per heavy atom. The molecule has 1 aromatic rings. The van der Waals surface area contributed by atoms with Crippen LogP contribution < -0.4 is 10.6 Å². The zero-order valence-electron chi connectivity index (χ0n) is 15.1. The van der Waals surface area contributed by atoms with Gasteiger partial charge in [0.25, 0.3) is 5.91 Å². The van der Waals surface area contributed by atoms with Gasteiger partial charge >= 0.3 is 5.97 Å². The second-order valence-corrected chi connectivity index (χ2v) is 8.75. The molecule has 0 aromatic carbocycles. The highest BCUT2D eigenvalue weighted by atomic mass is 32.1. The van der Waals surface area contributed by atoms with E-state index >= 15 is 0 Å². The van der Waals surface area contributed by atoms with Gasteiger partial charge in [-0.15, -0.1) is 11.3 Å². The first-order chi connectivity index (χ1) is 13.0. The molecule has 7 heteroatoms. The zero-order chi connectivity index (χ0) is 19.0. The van der Waals surface area contributed by atoms with Crippen molar-refractivity contribution in [2.45, 2.75) is 57.4 Å². The molecule has 2 amide bonds. The zero-order valence-corrected chi connectivity index (χ0v) is 15.9. The van der Waals surface area contributed by atoms with Crippen LogP contribution in [0.1, 0.15) is 59.3 Å². The Balaban J connectivity index is 1.59. The van der Waals surface area contributed by atoms with Crippen molar-refractivity contribution >= 4 is 34.1 Å². The molecule has 2 unspecified atom stereocenters. The van der Waals surface area contributed by atoms with Crippen LogP contribution >= 0.6 is 11.3 Å². The molecule has 0 bridgehead atoms. The number of hydrogen-bond donors (Lipinski definition) is 3. The number of carboxylic acid groups (broad SMARTS) is 1. The molecule has 27 heavy (non-hydrogen) atoms. The number of amides is 2. The fourth-order valence-corrected chi connectivity index (χ4v) is 5.25. The first-order valence-corrected chi connectivity index (χ1v) is 10.5. The van der Waals surface area contributed by atoms with Crippen LogP contribution in [0.25, 0.3) is 0 Å². The molecule has 0 radical (unpaired) electrons. The van der Waals surface area contributed by atoms with E-state index in [1.54, 1.807) is 0 Å². The highest BCUT2D eigenvalue weighted by Gasteiger charge is 2.36. The van der Waals surface area contributed by atoms with Crippen LogP contribution in [-0.2, 0) is 22.4 Å². The largest absolute Gasteiger partial charge is 0.481 e. The molecule has 144 valence electrons. The number of rotatable bonds is 5. The van der Waals surface area contributed by atoms with Gasteiger partial charge in [0.2, 0.25) is 5.91 Å². The van der Waals surface area contributed by atoms with Gasteiger partial charge in [0.1, 0.15) is 5.00 Å². The van der Waals surface area contributed by atoms with Gasteiger partial charge in [0.05, 0.1) is 17.4 Å². The van der Waals surface area contributed by atoms with E-state index in [2.05, 4.69) is 10.6 Å². The van der Waals surface area contributed by atoms with E-state index in [1.807, 2.05) is 12.2 Å². The number of hydrogen-bond acceptors (Lipinski definition) is 4. The molecule has 0 spiro atoms. The summed E-state index contributed by atoms with van der Waals surface area (Å²) in [5.41, 5.74) is 1.67. The maximum Gasteiger partial charge on any atom is 0.307 e. The van der Waals surface area contributed by atoms with Gasteiger partial charge in [-0.05, 0) is 56.9 Å². The fourth-order valence-electron chi connectivity index (χ4n) is 3.96. The number of nitrogens with one attached hydrogen (secondary N) is 2. The lowest BCUT2D eigenvalue weighted by Gasteiger charge is -2.24. The molecule has 3 aliphatic carbocycles. The van der Waals surface area contributed by atoms with Crippen LogP contribution in [0.3, 0.4) is 0 Å². The van der Waals surface area contributed by atoms with E-state index in [4.69, 9.17) is 0 Å². The van der Waals surface area contributed by atoms with Crippen molar-refractivity contribution in [3.63, 3.8) is 0 Å². The number of allylic oxidation sites excluding steroid dienone is 2. The number of carbonyl (C=O) groups is 3. The lowest BCUT2D eigenvalue weighted by Crippen LogP contribution is -2.35. The summed E-state index contributed by atoms with van der Waals surface area (Å²) in [6.07, 6.45) is 10.4. The smallest absolute Gasteiger partial charge is 0.307 e. The molecular weight excluding hydrogens is 364 g/mol. The Morgan fingerprint density at radius 1 is 1.04 bits per heavy atom. The van der Waals surface area contributed by atoms with Crippen molar-refractivity contribution in [1.82, 2.24) is 5.32 Å². The van der Waals surface area contributed by atoms with Crippen molar-refractivity contribution in [3.8, 4) is 0 Å². The first kappa shape index (κ1) is 18.2. The van der Waals surface area contributed by atoms with Crippen LogP contribution in [0.5, 0.6) is 0 Å². The van der Waals surface area contributed by atoms with Gasteiger partial charge in [0, 0.05) is 10.9 Å². The van der Waals surface area contributed by atoms with Crippen molar-refractivity contribution < 1.29 is 19.5 Å². The van der Waals surface area contributed by atoms with Crippen molar-refractivity contribution in [1.29, 1.82) is 0 Å². The molecule has 0 saturated heterocycles. The van der Waals surface area contributed by atoms with Gasteiger partial charge in [-0.25, -0.2) is 0 Å². The molecule has 2 atom stereocenters. The van der Waals surface area contributed by atoms with Crippen LogP contribution in [-0.4, -0.2) is 28.9 Å². The highest BCUT2D eigenvalue weighted by molar-refractivity contribution is 7.17. The lowest BCUT2D eigenvalue weighted by atomic mass is 9.82.